The maximum absolute atomic E-state index is 6.25. The van der Waals surface area contributed by atoms with Crippen LogP contribution < -0.4 is 5.73 Å². The zero-order chi connectivity index (χ0) is 12.3. The van der Waals surface area contributed by atoms with Gasteiger partial charge in [-0.3, -0.25) is 0 Å². The summed E-state index contributed by atoms with van der Waals surface area (Å²) in [5.74, 6) is 0. The van der Waals surface area contributed by atoms with Crippen molar-refractivity contribution in [3.05, 3.63) is 47.2 Å². The summed E-state index contributed by atoms with van der Waals surface area (Å²) in [4.78, 5) is 0. The van der Waals surface area contributed by atoms with Gasteiger partial charge in [0.1, 0.15) is 0 Å². The molecule has 0 fully saturated rings. The van der Waals surface area contributed by atoms with Gasteiger partial charge >= 0.3 is 0 Å². The molecule has 90 valence electrons. The Hall–Kier alpha value is -1.32. The first-order valence-electron chi connectivity index (χ1n) is 5.75. The monoisotopic (exact) mass is 249 g/mol. The molecule has 17 heavy (non-hydrogen) atoms. The molecule has 1 aromatic carbocycles. The molecule has 2 rings (SSSR count). The maximum atomic E-state index is 6.25. The van der Waals surface area contributed by atoms with E-state index in [4.69, 9.17) is 17.3 Å². The van der Waals surface area contributed by atoms with Crippen LogP contribution >= 0.6 is 11.6 Å². The second-order valence-electron chi connectivity index (χ2n) is 4.07. The molecule has 0 radical (unpaired) electrons. The Bertz CT molecular complexity index is 479. The van der Waals surface area contributed by atoms with E-state index in [1.54, 1.807) is 10.9 Å². The number of nitrogens with zero attached hydrogens (tertiary/aromatic N) is 2. The second kappa shape index (κ2) is 5.34. The van der Waals surface area contributed by atoms with Gasteiger partial charge in [-0.15, -0.1) is 0 Å². The third-order valence-corrected chi connectivity index (χ3v) is 3.12. The highest BCUT2D eigenvalue weighted by Crippen LogP contribution is 2.24. The van der Waals surface area contributed by atoms with Crippen molar-refractivity contribution in [1.29, 1.82) is 0 Å². The lowest BCUT2D eigenvalue weighted by Crippen LogP contribution is -2.22. The quantitative estimate of drug-likeness (QED) is 0.906. The third kappa shape index (κ3) is 2.68. The zero-order valence-electron chi connectivity index (χ0n) is 9.81. The largest absolute Gasteiger partial charge is 0.327 e. The lowest BCUT2D eigenvalue weighted by molar-refractivity contribution is 0.642. The first-order valence-corrected chi connectivity index (χ1v) is 6.13. The molecule has 0 bridgehead atoms. The van der Waals surface area contributed by atoms with Gasteiger partial charge in [-0.25, -0.2) is 4.68 Å². The van der Waals surface area contributed by atoms with E-state index < -0.39 is 0 Å². The third-order valence-electron chi connectivity index (χ3n) is 2.81. The molecule has 0 saturated carbocycles. The lowest BCUT2D eigenvalue weighted by atomic mass is 10.0. The standard InChI is InChI=1S/C13H16ClN3/c1-2-11(15)9-10-5-3-6-12(14)13(10)17-8-4-7-16-17/h3-8,11H,2,9,15H2,1H3. The number of rotatable bonds is 4. The molecule has 1 unspecified atom stereocenters. The minimum absolute atomic E-state index is 0.155. The van der Waals surface area contributed by atoms with E-state index in [1.165, 1.54) is 0 Å². The number of nitrogens with two attached hydrogens (primary N) is 1. The number of hydrogen-bond acceptors (Lipinski definition) is 2. The Morgan fingerprint density at radius 1 is 1.41 bits per heavy atom. The van der Waals surface area contributed by atoms with Crippen molar-refractivity contribution in [2.24, 2.45) is 5.73 Å². The van der Waals surface area contributed by atoms with Crippen LogP contribution in [-0.4, -0.2) is 15.8 Å². The topological polar surface area (TPSA) is 43.8 Å². The van der Waals surface area contributed by atoms with Gasteiger partial charge in [-0.1, -0.05) is 30.7 Å². The first kappa shape index (κ1) is 12.1. The maximum Gasteiger partial charge on any atom is 0.0864 e. The van der Waals surface area contributed by atoms with E-state index >= 15 is 0 Å². The molecule has 1 aromatic heterocycles. The van der Waals surface area contributed by atoms with Crippen molar-refractivity contribution >= 4 is 11.6 Å². The smallest absolute Gasteiger partial charge is 0.0864 e. The Morgan fingerprint density at radius 2 is 2.24 bits per heavy atom. The highest BCUT2D eigenvalue weighted by atomic mass is 35.5. The molecular formula is C13H16ClN3. The van der Waals surface area contributed by atoms with E-state index in [2.05, 4.69) is 18.1 Å². The van der Waals surface area contributed by atoms with Crippen molar-refractivity contribution in [1.82, 2.24) is 9.78 Å². The summed E-state index contributed by atoms with van der Waals surface area (Å²) < 4.78 is 1.79. The molecule has 2 aromatic rings. The van der Waals surface area contributed by atoms with Crippen LogP contribution in [0.15, 0.2) is 36.7 Å². The van der Waals surface area contributed by atoms with E-state index in [-0.39, 0.29) is 6.04 Å². The summed E-state index contributed by atoms with van der Waals surface area (Å²) in [6.45, 7) is 2.09. The molecule has 2 N–H and O–H groups in total. The first-order chi connectivity index (χ1) is 8.22. The van der Waals surface area contributed by atoms with Gasteiger partial charge in [-0.05, 0) is 30.5 Å². The van der Waals surface area contributed by atoms with Gasteiger partial charge in [0, 0.05) is 18.4 Å². The van der Waals surface area contributed by atoms with Crippen LogP contribution in [0.4, 0.5) is 0 Å². The normalized spacial score (nSPS) is 12.6. The van der Waals surface area contributed by atoms with Crippen LogP contribution in [0.1, 0.15) is 18.9 Å². The second-order valence-corrected chi connectivity index (χ2v) is 4.48. The Balaban J connectivity index is 2.42. The van der Waals surface area contributed by atoms with E-state index in [9.17, 15) is 0 Å². The fourth-order valence-electron chi connectivity index (χ4n) is 1.81. The fourth-order valence-corrected chi connectivity index (χ4v) is 2.09. The van der Waals surface area contributed by atoms with Gasteiger partial charge in [0.15, 0.2) is 0 Å². The molecule has 1 atom stereocenters. The number of halogens is 1. The minimum atomic E-state index is 0.155. The van der Waals surface area contributed by atoms with E-state index in [0.717, 1.165) is 24.1 Å². The number of benzene rings is 1. The Morgan fingerprint density at radius 3 is 2.88 bits per heavy atom. The van der Waals surface area contributed by atoms with Crippen LogP contribution in [-0.2, 0) is 6.42 Å². The Labute approximate surface area is 106 Å². The van der Waals surface area contributed by atoms with Gasteiger partial charge in [0.2, 0.25) is 0 Å². The molecule has 0 amide bonds. The highest BCUT2D eigenvalue weighted by Gasteiger charge is 2.11. The minimum Gasteiger partial charge on any atom is -0.327 e. The highest BCUT2D eigenvalue weighted by molar-refractivity contribution is 6.32. The van der Waals surface area contributed by atoms with Crippen molar-refractivity contribution in [3.8, 4) is 5.69 Å². The summed E-state index contributed by atoms with van der Waals surface area (Å²) in [5, 5.41) is 4.94. The average Bonchev–Trinajstić information content (AvgIpc) is 2.82. The van der Waals surface area contributed by atoms with Crippen LogP contribution in [0.3, 0.4) is 0 Å². The van der Waals surface area contributed by atoms with Crippen molar-refractivity contribution < 1.29 is 0 Å². The predicted molar refractivity (Wildman–Crippen MR) is 70.5 cm³/mol. The van der Waals surface area contributed by atoms with Gasteiger partial charge in [0.25, 0.3) is 0 Å². The van der Waals surface area contributed by atoms with E-state index in [0.29, 0.717) is 5.02 Å². The Kier molecular flexibility index (Phi) is 3.82. The average molecular weight is 250 g/mol. The molecule has 1 heterocycles. The van der Waals surface area contributed by atoms with E-state index in [1.807, 2.05) is 24.4 Å². The van der Waals surface area contributed by atoms with Crippen LogP contribution in [0.2, 0.25) is 5.02 Å². The molecule has 0 aliphatic heterocycles. The fraction of sp³-hybridized carbons (Fsp3) is 0.308. The zero-order valence-corrected chi connectivity index (χ0v) is 10.6. The number of para-hydroxylation sites is 1. The number of aromatic nitrogens is 2. The van der Waals surface area contributed by atoms with Crippen molar-refractivity contribution in [2.75, 3.05) is 0 Å². The van der Waals surface area contributed by atoms with Gasteiger partial charge in [-0.2, -0.15) is 5.10 Å². The lowest BCUT2D eigenvalue weighted by Gasteiger charge is -2.14. The molecule has 0 aliphatic carbocycles. The van der Waals surface area contributed by atoms with Crippen LogP contribution in [0.5, 0.6) is 0 Å². The summed E-state index contributed by atoms with van der Waals surface area (Å²) in [7, 11) is 0. The van der Waals surface area contributed by atoms with Gasteiger partial charge in [0.05, 0.1) is 10.7 Å². The van der Waals surface area contributed by atoms with Crippen molar-refractivity contribution in [2.45, 2.75) is 25.8 Å². The van der Waals surface area contributed by atoms with Crippen LogP contribution in [0.25, 0.3) is 5.69 Å². The SMILES string of the molecule is CCC(N)Cc1cccc(Cl)c1-n1cccn1. The molecule has 4 heteroatoms. The van der Waals surface area contributed by atoms with Gasteiger partial charge < -0.3 is 5.73 Å². The molecule has 0 saturated heterocycles. The summed E-state index contributed by atoms with van der Waals surface area (Å²) in [6.07, 6.45) is 5.40. The molecule has 3 nitrogen and oxygen atoms in total. The van der Waals surface area contributed by atoms with Crippen molar-refractivity contribution in [3.63, 3.8) is 0 Å². The molecule has 0 spiro atoms. The predicted octanol–water partition coefficient (Wildman–Crippen LogP) is 2.81. The summed E-state index contributed by atoms with van der Waals surface area (Å²) >= 11 is 6.25. The number of hydrogen-bond donors (Lipinski definition) is 1. The molecule has 0 aliphatic rings. The molecular weight excluding hydrogens is 234 g/mol. The van der Waals surface area contributed by atoms with Crippen LogP contribution in [0, 0.1) is 0 Å². The summed E-state index contributed by atoms with van der Waals surface area (Å²) in [5.41, 5.74) is 8.07. The summed E-state index contributed by atoms with van der Waals surface area (Å²) in [6, 6.07) is 7.92.